The molecule has 136 valence electrons. The van der Waals surface area contributed by atoms with Crippen molar-refractivity contribution in [2.24, 2.45) is 0 Å². The van der Waals surface area contributed by atoms with Crippen molar-refractivity contribution in [1.82, 2.24) is 9.97 Å². The molecule has 0 bridgehead atoms. The third-order valence-electron chi connectivity index (χ3n) is 4.35. The van der Waals surface area contributed by atoms with E-state index in [0.29, 0.717) is 17.9 Å². The number of pyridine rings is 1. The number of nitrogens with zero attached hydrogens (tertiary/aromatic N) is 2. The Balaban J connectivity index is 1.43. The summed E-state index contributed by atoms with van der Waals surface area (Å²) in [6, 6.07) is 15.8. The molecule has 0 aliphatic carbocycles. The lowest BCUT2D eigenvalue weighted by Crippen LogP contribution is -2.25. The van der Waals surface area contributed by atoms with Crippen LogP contribution in [0.25, 0.3) is 11.5 Å². The minimum absolute atomic E-state index is 0.0811. The van der Waals surface area contributed by atoms with Gasteiger partial charge in [-0.15, -0.1) is 0 Å². The molecule has 0 saturated heterocycles. The standard InChI is InChI=1S/C21H24N2O3/c24-21(25,14-8-2-1-4-10-17-11-5-3-6-12-17)20-23-16-19(26-20)18-13-7-9-15-22-18/h3,5-7,9,11-13,15-16,24-25H,1-2,4,8,10,14H2. The number of oxazole rings is 1. The summed E-state index contributed by atoms with van der Waals surface area (Å²) in [5.41, 5.74) is 1.95. The highest BCUT2D eigenvalue weighted by Crippen LogP contribution is 2.27. The van der Waals surface area contributed by atoms with E-state index in [1.807, 2.05) is 12.1 Å². The van der Waals surface area contributed by atoms with Crippen molar-refractivity contribution < 1.29 is 14.6 Å². The number of hydrogen-bond acceptors (Lipinski definition) is 5. The van der Waals surface area contributed by atoms with Gasteiger partial charge in [0, 0.05) is 12.6 Å². The molecule has 5 heteroatoms. The number of aliphatic hydroxyl groups is 2. The molecular weight excluding hydrogens is 328 g/mol. The zero-order valence-electron chi connectivity index (χ0n) is 14.7. The highest BCUT2D eigenvalue weighted by molar-refractivity contribution is 5.49. The highest BCUT2D eigenvalue weighted by Gasteiger charge is 2.31. The van der Waals surface area contributed by atoms with E-state index in [4.69, 9.17) is 4.42 Å². The Morgan fingerprint density at radius 1 is 0.846 bits per heavy atom. The van der Waals surface area contributed by atoms with E-state index in [-0.39, 0.29) is 12.3 Å². The van der Waals surface area contributed by atoms with E-state index in [9.17, 15) is 10.2 Å². The van der Waals surface area contributed by atoms with Gasteiger partial charge in [0.05, 0.1) is 6.20 Å². The Kier molecular flexibility index (Phi) is 6.15. The summed E-state index contributed by atoms with van der Waals surface area (Å²) in [4.78, 5) is 8.18. The molecule has 0 fully saturated rings. The molecule has 0 amide bonds. The Bertz CT molecular complexity index is 785. The van der Waals surface area contributed by atoms with E-state index >= 15 is 0 Å². The lowest BCUT2D eigenvalue weighted by molar-refractivity contribution is -0.191. The number of hydrogen-bond donors (Lipinski definition) is 2. The van der Waals surface area contributed by atoms with Crippen LogP contribution in [0.5, 0.6) is 0 Å². The number of aryl methyl sites for hydroxylation is 1. The van der Waals surface area contributed by atoms with Crippen molar-refractivity contribution in [3.8, 4) is 11.5 Å². The predicted molar refractivity (Wildman–Crippen MR) is 99.1 cm³/mol. The van der Waals surface area contributed by atoms with Gasteiger partial charge < -0.3 is 14.6 Å². The summed E-state index contributed by atoms with van der Waals surface area (Å²) in [5, 5.41) is 20.5. The van der Waals surface area contributed by atoms with Gasteiger partial charge >= 0.3 is 0 Å². The largest absolute Gasteiger partial charge is 0.434 e. The second kappa shape index (κ2) is 8.74. The van der Waals surface area contributed by atoms with Crippen molar-refractivity contribution in [1.29, 1.82) is 0 Å². The maximum absolute atomic E-state index is 10.3. The van der Waals surface area contributed by atoms with Gasteiger partial charge in [0.25, 0.3) is 5.89 Å². The Morgan fingerprint density at radius 2 is 1.62 bits per heavy atom. The van der Waals surface area contributed by atoms with Crippen molar-refractivity contribution in [3.05, 3.63) is 72.4 Å². The zero-order valence-corrected chi connectivity index (χ0v) is 14.7. The first-order chi connectivity index (χ1) is 12.6. The number of rotatable bonds is 9. The van der Waals surface area contributed by atoms with E-state index in [0.717, 1.165) is 25.7 Å². The molecule has 1 aromatic carbocycles. The van der Waals surface area contributed by atoms with E-state index < -0.39 is 5.79 Å². The quantitative estimate of drug-likeness (QED) is 0.448. The van der Waals surface area contributed by atoms with Crippen LogP contribution in [0.15, 0.2) is 65.3 Å². The Morgan fingerprint density at radius 3 is 2.38 bits per heavy atom. The monoisotopic (exact) mass is 352 g/mol. The number of aromatic nitrogens is 2. The smallest absolute Gasteiger partial charge is 0.255 e. The van der Waals surface area contributed by atoms with Gasteiger partial charge in [-0.3, -0.25) is 4.98 Å². The van der Waals surface area contributed by atoms with Crippen LogP contribution in [0, 0.1) is 0 Å². The SMILES string of the molecule is OC(O)(CCCCCCc1ccccc1)c1ncc(-c2ccccn2)o1. The molecule has 3 rings (SSSR count). The van der Waals surface area contributed by atoms with Crippen LogP contribution in [0.1, 0.15) is 43.6 Å². The summed E-state index contributed by atoms with van der Waals surface area (Å²) < 4.78 is 5.50. The number of benzene rings is 1. The third-order valence-corrected chi connectivity index (χ3v) is 4.35. The van der Waals surface area contributed by atoms with Gasteiger partial charge in [-0.25, -0.2) is 4.98 Å². The lowest BCUT2D eigenvalue weighted by Gasteiger charge is -2.17. The second-order valence-corrected chi connectivity index (χ2v) is 6.46. The fourth-order valence-electron chi connectivity index (χ4n) is 2.89. The molecule has 0 spiro atoms. The molecule has 3 aromatic rings. The van der Waals surface area contributed by atoms with Gasteiger partial charge in [-0.2, -0.15) is 0 Å². The van der Waals surface area contributed by atoms with Gasteiger partial charge in [-0.05, 0) is 37.0 Å². The maximum Gasteiger partial charge on any atom is 0.255 e. The van der Waals surface area contributed by atoms with Gasteiger partial charge in [0.1, 0.15) is 5.69 Å². The minimum atomic E-state index is -2.05. The molecular formula is C21H24N2O3. The molecule has 0 aliphatic heterocycles. The second-order valence-electron chi connectivity index (χ2n) is 6.46. The molecule has 2 heterocycles. The Labute approximate surface area is 153 Å². The van der Waals surface area contributed by atoms with E-state index in [1.54, 1.807) is 18.3 Å². The van der Waals surface area contributed by atoms with E-state index in [1.165, 1.54) is 11.8 Å². The van der Waals surface area contributed by atoms with Crippen molar-refractivity contribution in [2.45, 2.75) is 44.3 Å². The fraction of sp³-hybridized carbons (Fsp3) is 0.333. The maximum atomic E-state index is 10.3. The first-order valence-electron chi connectivity index (χ1n) is 9.01. The van der Waals surface area contributed by atoms with Gasteiger partial charge in [0.2, 0.25) is 5.79 Å². The van der Waals surface area contributed by atoms with Gasteiger partial charge in [0.15, 0.2) is 5.76 Å². The first-order valence-corrected chi connectivity index (χ1v) is 9.01. The van der Waals surface area contributed by atoms with Crippen LogP contribution in [-0.4, -0.2) is 20.2 Å². The van der Waals surface area contributed by atoms with Crippen LogP contribution in [-0.2, 0) is 12.2 Å². The molecule has 0 unspecified atom stereocenters. The van der Waals surface area contributed by atoms with Crippen molar-refractivity contribution in [3.63, 3.8) is 0 Å². The highest BCUT2D eigenvalue weighted by atomic mass is 16.5. The number of unbranched alkanes of at least 4 members (excludes halogenated alkanes) is 3. The first kappa shape index (κ1) is 18.3. The Hall–Kier alpha value is -2.50. The molecule has 5 nitrogen and oxygen atoms in total. The van der Waals surface area contributed by atoms with Crippen LogP contribution < -0.4 is 0 Å². The normalized spacial score (nSPS) is 11.6. The van der Waals surface area contributed by atoms with Crippen molar-refractivity contribution >= 4 is 0 Å². The van der Waals surface area contributed by atoms with Crippen LogP contribution in [0.2, 0.25) is 0 Å². The molecule has 2 N–H and O–H groups in total. The average molecular weight is 352 g/mol. The summed E-state index contributed by atoms with van der Waals surface area (Å²) in [7, 11) is 0. The lowest BCUT2D eigenvalue weighted by atomic mass is 10.0. The third kappa shape index (κ3) is 5.00. The topological polar surface area (TPSA) is 79.4 Å². The molecule has 2 aromatic heterocycles. The van der Waals surface area contributed by atoms with E-state index in [2.05, 4.69) is 34.2 Å². The molecule has 0 saturated carbocycles. The molecule has 26 heavy (non-hydrogen) atoms. The van der Waals surface area contributed by atoms with Crippen molar-refractivity contribution in [2.75, 3.05) is 0 Å². The summed E-state index contributed by atoms with van der Waals surface area (Å²) in [6.45, 7) is 0. The summed E-state index contributed by atoms with van der Waals surface area (Å²) in [6.07, 6.45) is 8.15. The minimum Gasteiger partial charge on any atom is -0.434 e. The zero-order chi connectivity index (χ0) is 18.2. The predicted octanol–water partition coefficient (Wildman–Crippen LogP) is 4.07. The molecule has 0 radical (unpaired) electrons. The van der Waals surface area contributed by atoms with Gasteiger partial charge in [-0.1, -0.05) is 49.2 Å². The summed E-state index contributed by atoms with van der Waals surface area (Å²) in [5.74, 6) is -1.70. The van der Waals surface area contributed by atoms with Crippen LogP contribution in [0.4, 0.5) is 0 Å². The molecule has 0 atom stereocenters. The van der Waals surface area contributed by atoms with Crippen LogP contribution >= 0.6 is 0 Å². The average Bonchev–Trinajstić information content (AvgIpc) is 3.17. The molecule has 0 aliphatic rings. The fourth-order valence-corrected chi connectivity index (χ4v) is 2.89. The van der Waals surface area contributed by atoms with Crippen LogP contribution in [0.3, 0.4) is 0 Å². The summed E-state index contributed by atoms with van der Waals surface area (Å²) >= 11 is 0.